The van der Waals surface area contributed by atoms with Crippen molar-refractivity contribution < 1.29 is 27.8 Å². The average Bonchev–Trinajstić information content (AvgIpc) is 3.13. The van der Waals surface area contributed by atoms with Crippen molar-refractivity contribution in [3.05, 3.63) is 64.9 Å². The molecule has 0 bridgehead atoms. The van der Waals surface area contributed by atoms with Crippen LogP contribution in [-0.2, 0) is 16.1 Å². The van der Waals surface area contributed by atoms with Gasteiger partial charge >= 0.3 is 5.97 Å². The number of methoxy groups -OCH3 is 1. The maximum Gasteiger partial charge on any atom is 0.317 e. The van der Waals surface area contributed by atoms with Crippen LogP contribution in [0.3, 0.4) is 0 Å². The Balaban J connectivity index is 2.16. The fourth-order valence-corrected chi connectivity index (χ4v) is 3.31. The minimum Gasteiger partial charge on any atom is -0.492 e. The molecule has 0 saturated carbocycles. The van der Waals surface area contributed by atoms with Crippen LogP contribution in [0.2, 0.25) is 0 Å². The minimum atomic E-state index is -1.38. The van der Waals surface area contributed by atoms with E-state index >= 15 is 0 Å². The molecule has 0 saturated heterocycles. The van der Waals surface area contributed by atoms with Crippen LogP contribution >= 0.6 is 0 Å². The van der Waals surface area contributed by atoms with Gasteiger partial charge in [-0.3, -0.25) is 14.8 Å². The molecule has 12 heteroatoms. The normalized spacial score (nSPS) is 13.1. The zero-order valence-corrected chi connectivity index (χ0v) is 18.8. The Morgan fingerprint density at radius 2 is 1.88 bits per heavy atom. The second-order valence-corrected chi connectivity index (χ2v) is 7.76. The Hall–Kier alpha value is -4.09. The average molecular weight is 474 g/mol. The van der Waals surface area contributed by atoms with Gasteiger partial charge in [-0.25, -0.2) is 27.8 Å². The molecule has 0 aliphatic heterocycles. The number of pyridine rings is 2. The number of aromatic nitrogens is 4. The molecular weight excluding hydrogens is 453 g/mol. The summed E-state index contributed by atoms with van der Waals surface area (Å²) in [6.45, 7) is 7.40. The Bertz CT molecular complexity index is 1330. The van der Waals surface area contributed by atoms with E-state index in [0.717, 1.165) is 24.7 Å². The van der Waals surface area contributed by atoms with E-state index in [-0.39, 0.29) is 40.2 Å². The summed E-state index contributed by atoms with van der Waals surface area (Å²) >= 11 is 0. The van der Waals surface area contributed by atoms with Crippen LogP contribution in [0.15, 0.2) is 46.2 Å². The smallest absolute Gasteiger partial charge is 0.317 e. The third-order valence-electron chi connectivity index (χ3n) is 5.09. The van der Waals surface area contributed by atoms with Gasteiger partial charge in [0.15, 0.2) is 5.65 Å². The summed E-state index contributed by atoms with van der Waals surface area (Å²) in [7, 11) is 1.19. The molecule has 0 aliphatic carbocycles. The lowest BCUT2D eigenvalue weighted by Crippen LogP contribution is -2.28. The number of carbonyl (C=O) groups excluding carboxylic acids is 1. The molecule has 0 aromatic carbocycles. The van der Waals surface area contributed by atoms with Crippen LogP contribution in [0.5, 0.6) is 0 Å². The fraction of sp³-hybridized carbons (Fsp3) is 0.273. The number of fused-ring (bicyclic) bond motifs is 1. The molecule has 3 aromatic rings. The van der Waals surface area contributed by atoms with Gasteiger partial charge in [-0.15, -0.1) is 0 Å². The number of carbonyl (C=O) groups is 1. The zero-order chi connectivity index (χ0) is 25.2. The van der Waals surface area contributed by atoms with Crippen molar-refractivity contribution in [3.63, 3.8) is 0 Å². The molecule has 0 fully saturated rings. The van der Waals surface area contributed by atoms with Crippen molar-refractivity contribution in [2.24, 2.45) is 15.4 Å². The highest BCUT2D eigenvalue weighted by atomic mass is 19.1. The van der Waals surface area contributed by atoms with Gasteiger partial charge in [-0.05, 0) is 33.6 Å². The Morgan fingerprint density at radius 3 is 2.47 bits per heavy atom. The lowest BCUT2D eigenvalue weighted by atomic mass is 9.89. The molecule has 34 heavy (non-hydrogen) atoms. The van der Waals surface area contributed by atoms with Crippen molar-refractivity contribution in [2.75, 3.05) is 7.11 Å². The number of halogens is 3. The second kappa shape index (κ2) is 9.41. The van der Waals surface area contributed by atoms with Gasteiger partial charge in [-0.2, -0.15) is 5.10 Å². The first-order valence-electron chi connectivity index (χ1n) is 9.85. The number of aliphatic hydroxyl groups excluding tert-OH is 1. The number of hydrogen-bond acceptors (Lipinski definition) is 8. The SMILES string of the molecule is C=N/C(=C(O)\N=C(/C)c1nn(Cc2c(F)cncc2F)c2ncc(F)cc12)C(C)(C)C(=O)OC. The molecule has 0 radical (unpaired) electrons. The fourth-order valence-electron chi connectivity index (χ4n) is 3.31. The summed E-state index contributed by atoms with van der Waals surface area (Å²) in [5.41, 5.74) is -1.55. The third kappa shape index (κ3) is 4.51. The van der Waals surface area contributed by atoms with Gasteiger partial charge in [0.25, 0.3) is 0 Å². The van der Waals surface area contributed by atoms with E-state index in [1.807, 2.05) is 0 Å². The molecular formula is C22H21F3N6O3. The quantitative estimate of drug-likeness (QED) is 0.317. The van der Waals surface area contributed by atoms with E-state index < -0.39 is 34.7 Å². The number of esters is 1. The molecule has 3 rings (SSSR count). The van der Waals surface area contributed by atoms with Gasteiger partial charge in [0.05, 0.1) is 43.3 Å². The first kappa shape index (κ1) is 24.6. The van der Waals surface area contributed by atoms with Crippen LogP contribution in [-0.4, -0.2) is 50.4 Å². The zero-order valence-electron chi connectivity index (χ0n) is 18.8. The number of nitrogens with zero attached hydrogens (tertiary/aromatic N) is 6. The number of ether oxygens (including phenoxy) is 1. The van der Waals surface area contributed by atoms with Crippen LogP contribution < -0.4 is 0 Å². The molecule has 1 N–H and O–H groups in total. The monoisotopic (exact) mass is 474 g/mol. The third-order valence-corrected chi connectivity index (χ3v) is 5.09. The predicted molar refractivity (Wildman–Crippen MR) is 118 cm³/mol. The molecule has 3 heterocycles. The largest absolute Gasteiger partial charge is 0.492 e. The second-order valence-electron chi connectivity index (χ2n) is 7.76. The summed E-state index contributed by atoms with van der Waals surface area (Å²) in [5.74, 6) is -3.77. The summed E-state index contributed by atoms with van der Waals surface area (Å²) in [5, 5.41) is 15.1. The molecule has 0 amide bonds. The van der Waals surface area contributed by atoms with Gasteiger partial charge in [-0.1, -0.05) is 0 Å². The van der Waals surface area contributed by atoms with Crippen molar-refractivity contribution in [2.45, 2.75) is 27.3 Å². The van der Waals surface area contributed by atoms with Crippen molar-refractivity contribution >= 4 is 29.4 Å². The van der Waals surface area contributed by atoms with E-state index in [1.165, 1.54) is 32.6 Å². The highest BCUT2D eigenvalue weighted by Gasteiger charge is 2.36. The first-order valence-corrected chi connectivity index (χ1v) is 9.85. The van der Waals surface area contributed by atoms with Crippen molar-refractivity contribution in [1.82, 2.24) is 19.7 Å². The van der Waals surface area contributed by atoms with E-state index in [0.29, 0.717) is 0 Å². The Morgan fingerprint density at radius 1 is 1.24 bits per heavy atom. The lowest BCUT2D eigenvalue weighted by Gasteiger charge is -2.21. The molecule has 9 nitrogen and oxygen atoms in total. The van der Waals surface area contributed by atoms with Crippen LogP contribution in [0.1, 0.15) is 32.0 Å². The van der Waals surface area contributed by atoms with E-state index in [1.54, 1.807) is 0 Å². The van der Waals surface area contributed by atoms with Crippen LogP contribution in [0.25, 0.3) is 11.0 Å². The number of aliphatic imine (C=N–C) groups is 2. The van der Waals surface area contributed by atoms with Gasteiger partial charge in [0.1, 0.15) is 34.3 Å². The molecule has 0 aliphatic rings. The Labute approximate surface area is 192 Å². The maximum absolute atomic E-state index is 14.1. The van der Waals surface area contributed by atoms with Crippen molar-refractivity contribution in [3.8, 4) is 0 Å². The van der Waals surface area contributed by atoms with Crippen LogP contribution in [0, 0.1) is 22.9 Å². The summed E-state index contributed by atoms with van der Waals surface area (Å²) < 4.78 is 48.1. The topological polar surface area (TPSA) is 115 Å². The first-order chi connectivity index (χ1) is 16.0. The highest BCUT2D eigenvalue weighted by Crippen LogP contribution is 2.31. The van der Waals surface area contributed by atoms with Gasteiger partial charge < -0.3 is 9.84 Å². The predicted octanol–water partition coefficient (Wildman–Crippen LogP) is 3.73. The number of rotatable bonds is 7. The van der Waals surface area contributed by atoms with Gasteiger partial charge in [0, 0.05) is 5.56 Å². The lowest BCUT2D eigenvalue weighted by molar-refractivity contribution is -0.148. The summed E-state index contributed by atoms with van der Waals surface area (Å²) in [6, 6.07) is 1.13. The highest BCUT2D eigenvalue weighted by molar-refractivity contribution is 6.07. The standard InChI is InChI=1S/C22H21F3N6O3/c1-11(29-20(32)18(26-4)22(2,3)21(33)34-5)17-13-6-12(23)7-28-19(13)31(30-17)10-14-15(24)8-27-9-16(14)25/h6-9,32H,4,10H2,1-3,5H3/b20-18+,29-11+. The minimum absolute atomic E-state index is 0.0858. The van der Waals surface area contributed by atoms with E-state index in [4.69, 9.17) is 4.74 Å². The number of hydrogen-bond donors (Lipinski definition) is 1. The molecule has 0 spiro atoms. The van der Waals surface area contributed by atoms with Crippen LogP contribution in [0.4, 0.5) is 13.2 Å². The van der Waals surface area contributed by atoms with Crippen molar-refractivity contribution in [1.29, 1.82) is 0 Å². The molecule has 0 atom stereocenters. The van der Waals surface area contributed by atoms with E-state index in [9.17, 15) is 23.1 Å². The number of aliphatic hydroxyl groups is 1. The molecule has 178 valence electrons. The van der Waals surface area contributed by atoms with Gasteiger partial charge in [0.2, 0.25) is 5.88 Å². The summed E-state index contributed by atoms with van der Waals surface area (Å²) in [6.07, 6.45) is 2.66. The Kier molecular flexibility index (Phi) is 6.80. The summed E-state index contributed by atoms with van der Waals surface area (Å²) in [4.78, 5) is 27.3. The molecule has 0 unspecified atom stereocenters. The molecule has 3 aromatic heterocycles. The maximum atomic E-state index is 14.1. The van der Waals surface area contributed by atoms with E-state index in [2.05, 4.69) is 31.8 Å².